The van der Waals surface area contributed by atoms with Gasteiger partial charge in [-0.15, -0.1) is 0 Å². The molecule has 0 radical (unpaired) electrons. The highest BCUT2D eigenvalue weighted by Gasteiger charge is 2.53. The Balaban J connectivity index is 1.68. The van der Waals surface area contributed by atoms with E-state index >= 15 is 0 Å². The van der Waals surface area contributed by atoms with Gasteiger partial charge in [-0.2, -0.15) is 4.31 Å². The van der Waals surface area contributed by atoms with Crippen LogP contribution in [-0.4, -0.2) is 45.9 Å². The number of anilines is 1. The van der Waals surface area contributed by atoms with Crippen LogP contribution in [0.1, 0.15) is 12.0 Å². The third-order valence-electron chi connectivity index (χ3n) is 5.36. The fraction of sp³-hybridized carbons (Fsp3) is 0.316. The number of carbonyl (C=O) groups excluding carboxylic acids is 1. The average Bonchev–Trinajstić information content (AvgIpc) is 3.25. The highest BCUT2D eigenvalue weighted by atomic mass is 32.2. The zero-order valence-corrected chi connectivity index (χ0v) is 15.9. The molecule has 142 valence electrons. The van der Waals surface area contributed by atoms with Crippen molar-refractivity contribution in [3.63, 3.8) is 0 Å². The summed E-state index contributed by atoms with van der Waals surface area (Å²) in [5.41, 5.74) is 0.618. The van der Waals surface area contributed by atoms with Crippen molar-refractivity contribution in [3.8, 4) is 11.5 Å². The van der Waals surface area contributed by atoms with Crippen LogP contribution in [-0.2, 0) is 20.2 Å². The smallest absolute Gasteiger partial charge is 0.243 e. The lowest BCUT2D eigenvalue weighted by molar-refractivity contribution is -0.120. The Morgan fingerprint density at radius 3 is 2.37 bits per heavy atom. The molecular weight excluding hydrogens is 368 g/mol. The third-order valence-corrected chi connectivity index (χ3v) is 7.22. The molecule has 0 saturated carbocycles. The fourth-order valence-electron chi connectivity index (χ4n) is 3.80. The Labute approximate surface area is 157 Å². The zero-order valence-electron chi connectivity index (χ0n) is 15.1. The Kier molecular flexibility index (Phi) is 4.12. The lowest BCUT2D eigenvalue weighted by atomic mass is 9.81. The van der Waals surface area contributed by atoms with Crippen LogP contribution in [0.4, 0.5) is 5.69 Å². The first kappa shape index (κ1) is 17.8. The van der Waals surface area contributed by atoms with Crippen molar-refractivity contribution in [2.75, 3.05) is 32.6 Å². The number of nitrogens with one attached hydrogen (secondary N) is 1. The van der Waals surface area contributed by atoms with Crippen molar-refractivity contribution in [1.82, 2.24) is 4.31 Å². The van der Waals surface area contributed by atoms with Crippen LogP contribution in [0, 0.1) is 0 Å². The summed E-state index contributed by atoms with van der Waals surface area (Å²) in [6.45, 7) is 0.381. The van der Waals surface area contributed by atoms with Crippen LogP contribution >= 0.6 is 0 Å². The molecule has 0 aliphatic carbocycles. The van der Waals surface area contributed by atoms with Gasteiger partial charge in [0.05, 0.1) is 24.5 Å². The summed E-state index contributed by atoms with van der Waals surface area (Å²) < 4.78 is 37.8. The molecule has 27 heavy (non-hydrogen) atoms. The summed E-state index contributed by atoms with van der Waals surface area (Å²) in [6, 6.07) is 11.6. The Bertz CT molecular complexity index is 1000. The number of carbonyl (C=O) groups is 1. The maximum Gasteiger partial charge on any atom is 0.243 e. The second-order valence-electron chi connectivity index (χ2n) is 6.71. The number of nitrogens with zero attached hydrogens (tertiary/aromatic N) is 1. The molecule has 0 unspecified atom stereocenters. The molecule has 2 aliphatic heterocycles. The number of amides is 1. The standard InChI is InChI=1S/C19H20N2O5S/c1-25-13-3-6-15(7-4-13)27(23,24)21-10-9-19(12-21)16-11-14(26-2)5-8-17(16)20-18(19)22/h3-8,11H,9-10,12H2,1-2H3,(H,20,22)/t19-/m0/s1. The Hall–Kier alpha value is -2.58. The number of methoxy groups -OCH3 is 2. The summed E-state index contributed by atoms with van der Waals surface area (Å²) in [4.78, 5) is 12.9. The maximum absolute atomic E-state index is 13.0. The maximum atomic E-state index is 13.0. The summed E-state index contributed by atoms with van der Waals surface area (Å²) in [6.07, 6.45) is 0.425. The SMILES string of the molecule is COc1ccc(S(=O)(=O)N2CC[C@@]3(C2)C(=O)Nc2ccc(OC)cc23)cc1. The third kappa shape index (κ3) is 2.67. The molecule has 8 heteroatoms. The molecule has 2 aromatic carbocycles. The van der Waals surface area contributed by atoms with Gasteiger partial charge in [-0.05, 0) is 54.4 Å². The fourth-order valence-corrected chi connectivity index (χ4v) is 5.30. The lowest BCUT2D eigenvalue weighted by Gasteiger charge is -2.23. The van der Waals surface area contributed by atoms with E-state index < -0.39 is 15.4 Å². The number of fused-ring (bicyclic) bond motifs is 2. The van der Waals surface area contributed by atoms with Crippen LogP contribution in [0.5, 0.6) is 11.5 Å². The topological polar surface area (TPSA) is 84.9 Å². The van der Waals surface area contributed by atoms with Crippen LogP contribution in [0.2, 0.25) is 0 Å². The molecule has 2 aromatic rings. The molecular formula is C19H20N2O5S. The number of benzene rings is 2. The lowest BCUT2D eigenvalue weighted by Crippen LogP contribution is -2.39. The predicted molar refractivity (Wildman–Crippen MR) is 99.7 cm³/mol. The van der Waals surface area contributed by atoms with Crippen LogP contribution < -0.4 is 14.8 Å². The normalized spacial score (nSPS) is 21.9. The van der Waals surface area contributed by atoms with Crippen molar-refractivity contribution in [3.05, 3.63) is 48.0 Å². The molecule has 0 aromatic heterocycles. The number of hydrogen-bond acceptors (Lipinski definition) is 5. The van der Waals surface area contributed by atoms with Gasteiger partial charge in [-0.1, -0.05) is 0 Å². The van der Waals surface area contributed by atoms with Crippen molar-refractivity contribution in [2.45, 2.75) is 16.7 Å². The molecule has 1 amide bonds. The summed E-state index contributed by atoms with van der Waals surface area (Å²) in [7, 11) is -0.613. The van der Waals surface area contributed by atoms with Gasteiger partial charge < -0.3 is 14.8 Å². The molecule has 1 saturated heterocycles. The van der Waals surface area contributed by atoms with Crippen molar-refractivity contribution in [2.24, 2.45) is 0 Å². The molecule has 7 nitrogen and oxygen atoms in total. The van der Waals surface area contributed by atoms with Gasteiger partial charge in [-0.3, -0.25) is 4.79 Å². The number of hydrogen-bond donors (Lipinski definition) is 1. The van der Waals surface area contributed by atoms with E-state index in [2.05, 4.69) is 5.32 Å². The number of sulfonamides is 1. The average molecular weight is 388 g/mol. The monoisotopic (exact) mass is 388 g/mol. The van der Waals surface area contributed by atoms with Gasteiger partial charge >= 0.3 is 0 Å². The van der Waals surface area contributed by atoms with E-state index in [1.165, 1.54) is 23.5 Å². The Morgan fingerprint density at radius 2 is 1.70 bits per heavy atom. The molecule has 1 atom stereocenters. The van der Waals surface area contributed by atoms with Gasteiger partial charge in [-0.25, -0.2) is 8.42 Å². The highest BCUT2D eigenvalue weighted by Crippen LogP contribution is 2.46. The largest absolute Gasteiger partial charge is 0.497 e. The number of ether oxygens (including phenoxy) is 2. The molecule has 2 aliphatic rings. The van der Waals surface area contributed by atoms with Crippen molar-refractivity contribution in [1.29, 1.82) is 0 Å². The van der Waals surface area contributed by atoms with Gasteiger partial charge in [0.15, 0.2) is 0 Å². The molecule has 1 N–H and O–H groups in total. The summed E-state index contributed by atoms with van der Waals surface area (Å²) in [5.74, 6) is 1.06. The minimum atomic E-state index is -3.70. The first-order valence-corrected chi connectivity index (χ1v) is 9.99. The van der Waals surface area contributed by atoms with E-state index in [1.807, 2.05) is 6.07 Å². The van der Waals surface area contributed by atoms with E-state index in [1.54, 1.807) is 31.4 Å². The zero-order chi connectivity index (χ0) is 19.2. The molecule has 0 bridgehead atoms. The van der Waals surface area contributed by atoms with E-state index in [0.717, 1.165) is 5.56 Å². The first-order valence-electron chi connectivity index (χ1n) is 8.55. The van der Waals surface area contributed by atoms with E-state index in [4.69, 9.17) is 9.47 Å². The van der Waals surface area contributed by atoms with E-state index in [-0.39, 0.29) is 23.9 Å². The Morgan fingerprint density at radius 1 is 1.04 bits per heavy atom. The van der Waals surface area contributed by atoms with Crippen LogP contribution in [0.3, 0.4) is 0 Å². The minimum absolute atomic E-state index is 0.105. The van der Waals surface area contributed by atoms with Gasteiger partial charge in [0.25, 0.3) is 0 Å². The van der Waals surface area contributed by atoms with Gasteiger partial charge in [0.1, 0.15) is 11.5 Å². The number of rotatable bonds is 4. The molecule has 1 spiro atoms. The molecule has 1 fully saturated rings. The predicted octanol–water partition coefficient (Wildman–Crippen LogP) is 1.99. The second-order valence-corrected chi connectivity index (χ2v) is 8.65. The molecule has 2 heterocycles. The summed E-state index contributed by atoms with van der Waals surface area (Å²) >= 11 is 0. The van der Waals surface area contributed by atoms with E-state index in [0.29, 0.717) is 23.6 Å². The first-order chi connectivity index (χ1) is 12.9. The van der Waals surface area contributed by atoms with Crippen molar-refractivity contribution >= 4 is 21.6 Å². The minimum Gasteiger partial charge on any atom is -0.497 e. The van der Waals surface area contributed by atoms with Crippen molar-refractivity contribution < 1.29 is 22.7 Å². The highest BCUT2D eigenvalue weighted by molar-refractivity contribution is 7.89. The molecule has 4 rings (SSSR count). The van der Waals surface area contributed by atoms with Crippen LogP contribution in [0.15, 0.2) is 47.4 Å². The van der Waals surface area contributed by atoms with Gasteiger partial charge in [0.2, 0.25) is 15.9 Å². The van der Waals surface area contributed by atoms with E-state index in [9.17, 15) is 13.2 Å². The van der Waals surface area contributed by atoms with Gasteiger partial charge in [0, 0.05) is 18.8 Å². The quantitative estimate of drug-likeness (QED) is 0.866. The summed E-state index contributed by atoms with van der Waals surface area (Å²) in [5, 5.41) is 2.88. The second kappa shape index (κ2) is 6.24. The van der Waals surface area contributed by atoms with Crippen LogP contribution in [0.25, 0.3) is 0 Å².